The summed E-state index contributed by atoms with van der Waals surface area (Å²) in [4.78, 5) is 11.3. The molecule has 0 heterocycles. The molecule has 0 unspecified atom stereocenters. The maximum atomic E-state index is 12.3. The van der Waals surface area contributed by atoms with E-state index in [1.54, 1.807) is 55.5 Å². The molecule has 0 saturated carbocycles. The van der Waals surface area contributed by atoms with Crippen LogP contribution in [-0.2, 0) is 14.8 Å². The van der Waals surface area contributed by atoms with Gasteiger partial charge in [0.25, 0.3) is 10.0 Å². The molecule has 116 valence electrons. The summed E-state index contributed by atoms with van der Waals surface area (Å²) in [6.07, 6.45) is 0. The largest absolute Gasteiger partial charge is 0.369 e. The first-order valence-electron chi connectivity index (χ1n) is 6.78. The van der Waals surface area contributed by atoms with Crippen LogP contribution < -0.4 is 10.5 Å². The molecule has 0 aliphatic carbocycles. The van der Waals surface area contributed by atoms with E-state index in [4.69, 9.17) is 5.73 Å². The van der Waals surface area contributed by atoms with Gasteiger partial charge >= 0.3 is 0 Å². The SMILES string of the molecule is Cc1ccc(S(=O)(=O)Nc2ccc([C@@H](C)C(N)=O)cc2)cc1. The molecule has 0 aromatic heterocycles. The summed E-state index contributed by atoms with van der Waals surface area (Å²) in [5.74, 6) is -0.837. The molecule has 22 heavy (non-hydrogen) atoms. The van der Waals surface area contributed by atoms with Gasteiger partial charge in [-0.1, -0.05) is 29.8 Å². The number of carbonyl (C=O) groups is 1. The molecule has 0 radical (unpaired) electrons. The number of sulfonamides is 1. The van der Waals surface area contributed by atoms with Gasteiger partial charge in [0.05, 0.1) is 10.8 Å². The number of primary amides is 1. The molecule has 2 aromatic carbocycles. The van der Waals surface area contributed by atoms with Crippen LogP contribution in [0.4, 0.5) is 5.69 Å². The first-order chi connectivity index (χ1) is 10.3. The Morgan fingerprint density at radius 1 is 1.05 bits per heavy atom. The Morgan fingerprint density at radius 2 is 1.59 bits per heavy atom. The molecule has 2 rings (SSSR count). The Bertz CT molecular complexity index is 766. The van der Waals surface area contributed by atoms with Crippen LogP contribution in [0.25, 0.3) is 0 Å². The van der Waals surface area contributed by atoms with Gasteiger partial charge in [-0.05, 0) is 43.7 Å². The zero-order valence-corrected chi connectivity index (χ0v) is 13.2. The molecule has 0 fully saturated rings. The van der Waals surface area contributed by atoms with Gasteiger partial charge < -0.3 is 5.73 Å². The molecule has 0 bridgehead atoms. The lowest BCUT2D eigenvalue weighted by Gasteiger charge is -2.11. The third-order valence-corrected chi connectivity index (χ3v) is 4.82. The van der Waals surface area contributed by atoms with Crippen molar-refractivity contribution in [3.05, 3.63) is 59.7 Å². The predicted octanol–water partition coefficient (Wildman–Crippen LogP) is 2.38. The van der Waals surface area contributed by atoms with Crippen molar-refractivity contribution in [3.63, 3.8) is 0 Å². The van der Waals surface area contributed by atoms with E-state index in [1.807, 2.05) is 6.92 Å². The quantitative estimate of drug-likeness (QED) is 0.887. The highest BCUT2D eigenvalue weighted by Crippen LogP contribution is 2.20. The van der Waals surface area contributed by atoms with Crippen LogP contribution in [0.2, 0.25) is 0 Å². The fourth-order valence-electron chi connectivity index (χ4n) is 1.94. The average Bonchev–Trinajstić information content (AvgIpc) is 2.47. The number of aryl methyl sites for hydroxylation is 1. The van der Waals surface area contributed by atoms with Gasteiger partial charge in [0, 0.05) is 5.69 Å². The van der Waals surface area contributed by atoms with Gasteiger partial charge in [0.15, 0.2) is 0 Å². The van der Waals surface area contributed by atoms with Gasteiger partial charge in [-0.25, -0.2) is 8.42 Å². The van der Waals surface area contributed by atoms with Gasteiger partial charge in [-0.15, -0.1) is 0 Å². The molecule has 0 saturated heterocycles. The van der Waals surface area contributed by atoms with E-state index < -0.39 is 21.8 Å². The van der Waals surface area contributed by atoms with E-state index in [0.717, 1.165) is 11.1 Å². The zero-order valence-electron chi connectivity index (χ0n) is 12.4. The van der Waals surface area contributed by atoms with E-state index in [9.17, 15) is 13.2 Å². The molecule has 3 N–H and O–H groups in total. The molecular weight excluding hydrogens is 300 g/mol. The number of carbonyl (C=O) groups excluding carboxylic acids is 1. The number of rotatable bonds is 5. The lowest BCUT2D eigenvalue weighted by Crippen LogP contribution is -2.18. The topological polar surface area (TPSA) is 89.3 Å². The average molecular weight is 318 g/mol. The van der Waals surface area contributed by atoms with Gasteiger partial charge in [-0.3, -0.25) is 9.52 Å². The maximum absolute atomic E-state index is 12.3. The van der Waals surface area contributed by atoms with Gasteiger partial charge in [0.2, 0.25) is 5.91 Å². The molecule has 5 nitrogen and oxygen atoms in total. The van der Waals surface area contributed by atoms with E-state index in [1.165, 1.54) is 0 Å². The third-order valence-electron chi connectivity index (χ3n) is 3.42. The minimum atomic E-state index is -3.62. The van der Waals surface area contributed by atoms with Crippen LogP contribution in [0.1, 0.15) is 24.0 Å². The molecule has 1 amide bonds. The second kappa shape index (κ2) is 6.19. The van der Waals surface area contributed by atoms with Crippen LogP contribution in [0.3, 0.4) is 0 Å². The van der Waals surface area contributed by atoms with Crippen LogP contribution >= 0.6 is 0 Å². The Labute approximate surface area is 130 Å². The van der Waals surface area contributed by atoms with Crippen LogP contribution in [0.15, 0.2) is 53.4 Å². The number of benzene rings is 2. The van der Waals surface area contributed by atoms with E-state index in [-0.39, 0.29) is 4.90 Å². The van der Waals surface area contributed by atoms with Crippen molar-refractivity contribution in [2.75, 3.05) is 4.72 Å². The number of hydrogen-bond acceptors (Lipinski definition) is 3. The van der Waals surface area contributed by atoms with Crippen molar-refractivity contribution < 1.29 is 13.2 Å². The summed E-state index contributed by atoms with van der Waals surface area (Å²) in [6.45, 7) is 3.59. The molecule has 2 aromatic rings. The summed E-state index contributed by atoms with van der Waals surface area (Å²) in [6, 6.07) is 13.2. The Kier molecular flexibility index (Phi) is 4.51. The van der Waals surface area contributed by atoms with E-state index >= 15 is 0 Å². The number of nitrogens with one attached hydrogen (secondary N) is 1. The van der Waals surface area contributed by atoms with Gasteiger partial charge in [-0.2, -0.15) is 0 Å². The summed E-state index contributed by atoms with van der Waals surface area (Å²) in [7, 11) is -3.62. The van der Waals surface area contributed by atoms with Gasteiger partial charge in [0.1, 0.15) is 0 Å². The fourth-order valence-corrected chi connectivity index (χ4v) is 2.99. The molecule has 1 atom stereocenters. The molecule has 6 heteroatoms. The lowest BCUT2D eigenvalue weighted by atomic mass is 10.0. The number of hydrogen-bond donors (Lipinski definition) is 2. The van der Waals surface area contributed by atoms with Crippen molar-refractivity contribution in [1.29, 1.82) is 0 Å². The summed E-state index contributed by atoms with van der Waals surface area (Å²) in [5.41, 5.74) is 7.41. The summed E-state index contributed by atoms with van der Waals surface area (Å²) in [5, 5.41) is 0. The fraction of sp³-hybridized carbons (Fsp3) is 0.188. The smallest absolute Gasteiger partial charge is 0.261 e. The maximum Gasteiger partial charge on any atom is 0.261 e. The number of amides is 1. The van der Waals surface area contributed by atoms with Crippen molar-refractivity contribution in [2.45, 2.75) is 24.7 Å². The summed E-state index contributed by atoms with van der Waals surface area (Å²) >= 11 is 0. The highest BCUT2D eigenvalue weighted by molar-refractivity contribution is 7.92. The standard InChI is InChI=1S/C16H18N2O3S/c1-11-3-9-15(10-4-11)22(20,21)18-14-7-5-13(6-8-14)12(2)16(17)19/h3-10,12,18H,1-2H3,(H2,17,19)/t12-/m1/s1. The molecule has 0 spiro atoms. The minimum absolute atomic E-state index is 0.202. The number of anilines is 1. The third kappa shape index (κ3) is 3.65. The molecule has 0 aliphatic rings. The second-order valence-corrected chi connectivity index (χ2v) is 6.85. The summed E-state index contributed by atoms with van der Waals surface area (Å²) < 4.78 is 27.0. The molecule has 0 aliphatic heterocycles. The Hall–Kier alpha value is -2.34. The van der Waals surface area contributed by atoms with Crippen molar-refractivity contribution in [3.8, 4) is 0 Å². The normalized spacial score (nSPS) is 12.6. The van der Waals surface area contributed by atoms with Crippen LogP contribution in [0.5, 0.6) is 0 Å². The van der Waals surface area contributed by atoms with E-state index in [2.05, 4.69) is 4.72 Å². The lowest BCUT2D eigenvalue weighted by molar-refractivity contribution is -0.119. The highest BCUT2D eigenvalue weighted by Gasteiger charge is 2.15. The minimum Gasteiger partial charge on any atom is -0.369 e. The predicted molar refractivity (Wildman–Crippen MR) is 86.0 cm³/mol. The van der Waals surface area contributed by atoms with Crippen molar-refractivity contribution in [1.82, 2.24) is 0 Å². The zero-order chi connectivity index (χ0) is 16.3. The first kappa shape index (κ1) is 16.0. The van der Waals surface area contributed by atoms with Crippen molar-refractivity contribution in [2.24, 2.45) is 5.73 Å². The monoisotopic (exact) mass is 318 g/mol. The first-order valence-corrected chi connectivity index (χ1v) is 8.26. The van der Waals surface area contributed by atoms with Crippen LogP contribution in [-0.4, -0.2) is 14.3 Å². The molecular formula is C16H18N2O3S. The Balaban J connectivity index is 2.20. The Morgan fingerprint density at radius 3 is 2.09 bits per heavy atom. The van der Waals surface area contributed by atoms with Crippen molar-refractivity contribution >= 4 is 21.6 Å². The second-order valence-electron chi connectivity index (χ2n) is 5.16. The number of nitrogens with two attached hydrogens (primary N) is 1. The van der Waals surface area contributed by atoms with Crippen LogP contribution in [0, 0.1) is 6.92 Å². The highest BCUT2D eigenvalue weighted by atomic mass is 32.2. The van der Waals surface area contributed by atoms with E-state index in [0.29, 0.717) is 5.69 Å².